The number of likely N-dealkylation sites (N-methyl/N-ethyl adjacent to an activating group) is 1. The van der Waals surface area contributed by atoms with Crippen molar-refractivity contribution in [3.8, 4) is 0 Å². The van der Waals surface area contributed by atoms with Gasteiger partial charge in [0.05, 0.1) is 34.4 Å². The fourth-order valence-electron chi connectivity index (χ4n) is 6.49. The first kappa shape index (κ1) is 55.7. The van der Waals surface area contributed by atoms with Gasteiger partial charge in [-0.2, -0.15) is 0 Å². The number of unbranched alkanes of at least 4 members (excludes halogenated alkanes) is 24. The molecule has 0 aliphatic carbocycles. The summed E-state index contributed by atoms with van der Waals surface area (Å²) in [5, 5.41) is 0. The number of phosphoric acid groups is 1. The third-order valence-corrected chi connectivity index (χ3v) is 11.2. The van der Waals surface area contributed by atoms with Crippen LogP contribution in [-0.4, -0.2) is 70.7 Å². The number of esters is 1. The van der Waals surface area contributed by atoms with Crippen LogP contribution in [0.2, 0.25) is 0 Å². The van der Waals surface area contributed by atoms with Gasteiger partial charge in [0.1, 0.15) is 19.3 Å². The molecule has 0 aliphatic heterocycles. The zero-order chi connectivity index (χ0) is 42.0. The molecule has 0 aromatic carbocycles. The van der Waals surface area contributed by atoms with E-state index >= 15 is 0 Å². The molecule has 0 heterocycles. The number of phosphoric ester groups is 1. The van der Waals surface area contributed by atoms with E-state index in [1.54, 1.807) is 0 Å². The predicted molar refractivity (Wildman–Crippen MR) is 240 cm³/mol. The smallest absolute Gasteiger partial charge is 0.306 e. The molecule has 0 aromatic heterocycles. The van der Waals surface area contributed by atoms with E-state index in [4.69, 9.17) is 18.5 Å². The second-order valence-electron chi connectivity index (χ2n) is 17.1. The monoisotopic (exact) mass is 826 g/mol. The average Bonchev–Trinajstić information content (AvgIpc) is 3.16. The second kappa shape index (κ2) is 41.5. The van der Waals surface area contributed by atoms with Crippen LogP contribution in [0.15, 0.2) is 36.5 Å². The van der Waals surface area contributed by atoms with Crippen molar-refractivity contribution in [2.75, 3.05) is 54.1 Å². The lowest BCUT2D eigenvalue weighted by Gasteiger charge is -2.28. The molecule has 0 radical (unpaired) electrons. The highest BCUT2D eigenvalue weighted by molar-refractivity contribution is 7.45. The number of quaternary nitrogens is 1. The Morgan fingerprint density at radius 3 is 1.47 bits per heavy atom. The van der Waals surface area contributed by atoms with Gasteiger partial charge in [-0.25, -0.2) is 0 Å². The summed E-state index contributed by atoms with van der Waals surface area (Å²) < 4.78 is 34.6. The molecule has 0 bridgehead atoms. The second-order valence-corrected chi connectivity index (χ2v) is 18.5. The van der Waals surface area contributed by atoms with Crippen LogP contribution in [-0.2, 0) is 27.9 Å². The van der Waals surface area contributed by atoms with Crippen LogP contribution in [0.1, 0.15) is 206 Å². The zero-order valence-electron chi connectivity index (χ0n) is 38.0. The molecule has 2 atom stereocenters. The number of hydrogen-bond donors (Lipinski definition) is 0. The standard InChI is InChI=1S/C48H92NO7P/c1-6-8-10-12-14-16-18-20-22-24-26-28-30-32-34-36-38-40-43-53-45-47(46-55-57(51,52)54-44-42-49(3,4)5)56-48(50)41-39-37-35-33-31-29-27-25-23-21-19-17-15-13-11-9-7-2/h15,17,21,23,27,29,47H,6-14,16,18-20,22,24-26,28,30-46H2,1-5H3/b17-15-,23-21-,29-27-/t47-/m1/s1. The molecule has 336 valence electrons. The summed E-state index contributed by atoms with van der Waals surface area (Å²) in [7, 11) is 1.35. The van der Waals surface area contributed by atoms with Gasteiger partial charge in [0.25, 0.3) is 7.82 Å². The first-order valence-electron chi connectivity index (χ1n) is 23.7. The normalized spacial score (nSPS) is 14.0. The van der Waals surface area contributed by atoms with E-state index in [0.29, 0.717) is 24.1 Å². The van der Waals surface area contributed by atoms with Gasteiger partial charge in [0.15, 0.2) is 0 Å². The molecule has 0 saturated heterocycles. The van der Waals surface area contributed by atoms with E-state index < -0.39 is 13.9 Å². The molecule has 0 spiro atoms. The number of carbonyl (C=O) groups is 1. The number of nitrogens with zero attached hydrogens (tertiary/aromatic N) is 1. The molecular formula is C48H92NO7P. The number of carbonyl (C=O) groups excluding carboxylic acids is 1. The van der Waals surface area contributed by atoms with Crippen LogP contribution in [0.5, 0.6) is 0 Å². The molecule has 57 heavy (non-hydrogen) atoms. The number of rotatable bonds is 44. The van der Waals surface area contributed by atoms with Gasteiger partial charge in [-0.1, -0.05) is 185 Å². The van der Waals surface area contributed by atoms with E-state index in [9.17, 15) is 14.3 Å². The molecule has 1 unspecified atom stereocenters. The highest BCUT2D eigenvalue weighted by Gasteiger charge is 2.20. The Morgan fingerprint density at radius 1 is 0.544 bits per heavy atom. The van der Waals surface area contributed by atoms with E-state index in [0.717, 1.165) is 57.8 Å². The third-order valence-electron chi connectivity index (χ3n) is 10.2. The van der Waals surface area contributed by atoms with Crippen LogP contribution < -0.4 is 4.89 Å². The van der Waals surface area contributed by atoms with Crippen molar-refractivity contribution < 1.29 is 37.3 Å². The van der Waals surface area contributed by atoms with Crippen LogP contribution in [0.3, 0.4) is 0 Å². The molecule has 0 aliphatic rings. The van der Waals surface area contributed by atoms with Gasteiger partial charge in [-0.05, 0) is 51.4 Å². The van der Waals surface area contributed by atoms with Crippen molar-refractivity contribution in [1.29, 1.82) is 0 Å². The minimum atomic E-state index is -4.53. The molecule has 0 saturated carbocycles. The third kappa shape index (κ3) is 45.7. The van der Waals surface area contributed by atoms with Gasteiger partial charge in [-0.15, -0.1) is 0 Å². The lowest BCUT2D eigenvalue weighted by atomic mass is 10.0. The molecule has 8 nitrogen and oxygen atoms in total. The molecule has 9 heteroatoms. The Bertz CT molecular complexity index is 1010. The maximum Gasteiger partial charge on any atom is 0.306 e. The average molecular weight is 826 g/mol. The molecule has 0 fully saturated rings. The van der Waals surface area contributed by atoms with E-state index in [1.807, 2.05) is 21.1 Å². The predicted octanol–water partition coefficient (Wildman–Crippen LogP) is 13.5. The summed E-state index contributed by atoms with van der Waals surface area (Å²) in [4.78, 5) is 25.1. The maximum atomic E-state index is 12.7. The summed E-state index contributed by atoms with van der Waals surface area (Å²) in [6.45, 7) is 5.38. The quantitative estimate of drug-likeness (QED) is 0.0198. The van der Waals surface area contributed by atoms with Crippen molar-refractivity contribution in [2.45, 2.75) is 213 Å². The van der Waals surface area contributed by atoms with Gasteiger partial charge in [0, 0.05) is 13.0 Å². The summed E-state index contributed by atoms with van der Waals surface area (Å²) in [6, 6.07) is 0. The first-order valence-corrected chi connectivity index (χ1v) is 25.2. The highest BCUT2D eigenvalue weighted by Crippen LogP contribution is 2.38. The largest absolute Gasteiger partial charge is 0.756 e. The molecule has 0 aromatic rings. The topological polar surface area (TPSA) is 94.1 Å². The van der Waals surface area contributed by atoms with Crippen molar-refractivity contribution in [1.82, 2.24) is 0 Å². The van der Waals surface area contributed by atoms with Crippen molar-refractivity contribution in [3.05, 3.63) is 36.5 Å². The molecular weight excluding hydrogens is 734 g/mol. The van der Waals surface area contributed by atoms with Gasteiger partial charge >= 0.3 is 5.97 Å². The molecule has 0 N–H and O–H groups in total. The lowest BCUT2D eigenvalue weighted by Crippen LogP contribution is -2.37. The highest BCUT2D eigenvalue weighted by atomic mass is 31.2. The zero-order valence-corrected chi connectivity index (χ0v) is 38.9. The minimum absolute atomic E-state index is 0.0224. The number of hydrogen-bond acceptors (Lipinski definition) is 7. The summed E-state index contributed by atoms with van der Waals surface area (Å²) in [5.41, 5.74) is 0. The van der Waals surface area contributed by atoms with Gasteiger partial charge < -0.3 is 27.9 Å². The van der Waals surface area contributed by atoms with Crippen LogP contribution >= 0.6 is 7.82 Å². The van der Waals surface area contributed by atoms with Crippen LogP contribution in [0, 0.1) is 0 Å². The number of ether oxygens (including phenoxy) is 2. The van der Waals surface area contributed by atoms with Gasteiger partial charge in [0.2, 0.25) is 0 Å². The van der Waals surface area contributed by atoms with Crippen LogP contribution in [0.25, 0.3) is 0 Å². The fourth-order valence-corrected chi connectivity index (χ4v) is 7.22. The Balaban J connectivity index is 4.22. The molecule has 0 rings (SSSR count). The lowest BCUT2D eigenvalue weighted by molar-refractivity contribution is -0.870. The summed E-state index contributed by atoms with van der Waals surface area (Å²) in [6.07, 6.45) is 48.7. The van der Waals surface area contributed by atoms with Crippen molar-refractivity contribution >= 4 is 13.8 Å². The van der Waals surface area contributed by atoms with E-state index in [2.05, 4.69) is 50.3 Å². The Hall–Kier alpha value is -1.28. The maximum absolute atomic E-state index is 12.7. The summed E-state index contributed by atoms with van der Waals surface area (Å²) >= 11 is 0. The van der Waals surface area contributed by atoms with Crippen LogP contribution in [0.4, 0.5) is 0 Å². The summed E-state index contributed by atoms with van der Waals surface area (Å²) in [5.74, 6) is -0.352. The van der Waals surface area contributed by atoms with E-state index in [1.165, 1.54) is 128 Å². The Kier molecular flexibility index (Phi) is 40.5. The van der Waals surface area contributed by atoms with Crippen molar-refractivity contribution in [3.63, 3.8) is 0 Å². The van der Waals surface area contributed by atoms with E-state index in [-0.39, 0.29) is 25.8 Å². The molecule has 0 amide bonds. The first-order chi connectivity index (χ1) is 27.6. The fraction of sp³-hybridized carbons (Fsp3) is 0.854. The van der Waals surface area contributed by atoms with Gasteiger partial charge in [-0.3, -0.25) is 9.36 Å². The minimum Gasteiger partial charge on any atom is -0.756 e. The Morgan fingerprint density at radius 2 is 0.965 bits per heavy atom. The SMILES string of the molecule is CCCCC/C=C\C/C=C\C/C=C\CCCCCCC(=O)O[C@H](COCCCCCCCCCCCCCCCCCCCC)COP(=O)([O-])OCC[N+](C)(C)C. The Labute approximate surface area is 353 Å². The number of allylic oxidation sites excluding steroid dienone is 6. The van der Waals surface area contributed by atoms with Crippen molar-refractivity contribution in [2.24, 2.45) is 0 Å².